The highest BCUT2D eigenvalue weighted by Crippen LogP contribution is 2.20. The van der Waals surface area contributed by atoms with E-state index in [4.69, 9.17) is 4.74 Å². The van der Waals surface area contributed by atoms with Crippen LogP contribution in [0.15, 0.2) is 18.2 Å². The molecule has 1 aliphatic heterocycles. The van der Waals surface area contributed by atoms with Gasteiger partial charge in [-0.15, -0.1) is 0 Å². The molecule has 2 rings (SSSR count). The van der Waals surface area contributed by atoms with Gasteiger partial charge in [0.05, 0.1) is 0 Å². The molecule has 0 radical (unpaired) electrons. The summed E-state index contributed by atoms with van der Waals surface area (Å²) < 4.78 is 5.70. The molecular formula is C20H30N2O3. The van der Waals surface area contributed by atoms with Crippen molar-refractivity contribution >= 4 is 11.8 Å². The van der Waals surface area contributed by atoms with Gasteiger partial charge >= 0.3 is 0 Å². The van der Waals surface area contributed by atoms with Gasteiger partial charge in [0, 0.05) is 31.6 Å². The van der Waals surface area contributed by atoms with Crippen LogP contribution in [0.25, 0.3) is 0 Å². The van der Waals surface area contributed by atoms with Crippen molar-refractivity contribution in [3.8, 4) is 5.75 Å². The van der Waals surface area contributed by atoms with Gasteiger partial charge in [0.25, 0.3) is 5.91 Å². The van der Waals surface area contributed by atoms with Gasteiger partial charge in [-0.3, -0.25) is 9.59 Å². The van der Waals surface area contributed by atoms with E-state index in [1.807, 2.05) is 57.7 Å². The quantitative estimate of drug-likeness (QED) is 0.846. The van der Waals surface area contributed by atoms with Gasteiger partial charge in [-0.2, -0.15) is 0 Å². The van der Waals surface area contributed by atoms with E-state index in [0.29, 0.717) is 26.2 Å². The largest absolute Gasteiger partial charge is 0.484 e. The summed E-state index contributed by atoms with van der Waals surface area (Å²) in [5, 5.41) is 0. The number of hydrogen-bond donors (Lipinski definition) is 0. The Morgan fingerprint density at radius 1 is 1.04 bits per heavy atom. The minimum atomic E-state index is -0.384. The van der Waals surface area contributed by atoms with Crippen molar-refractivity contribution in [3.63, 3.8) is 0 Å². The van der Waals surface area contributed by atoms with Crippen LogP contribution in [0.3, 0.4) is 0 Å². The van der Waals surface area contributed by atoms with Crippen LogP contribution in [0.1, 0.15) is 38.3 Å². The summed E-state index contributed by atoms with van der Waals surface area (Å²) in [4.78, 5) is 28.6. The normalized spacial score (nSPS) is 15.7. The molecule has 5 nitrogen and oxygen atoms in total. The fraction of sp³-hybridized carbons (Fsp3) is 0.600. The number of hydrogen-bond acceptors (Lipinski definition) is 3. The lowest BCUT2D eigenvalue weighted by Gasteiger charge is -2.28. The monoisotopic (exact) mass is 346 g/mol. The maximum Gasteiger partial charge on any atom is 0.260 e. The first-order chi connectivity index (χ1) is 11.7. The number of carbonyl (C=O) groups excluding carboxylic acids is 2. The lowest BCUT2D eigenvalue weighted by molar-refractivity contribution is -0.140. The molecule has 0 bridgehead atoms. The summed E-state index contributed by atoms with van der Waals surface area (Å²) in [6.45, 7) is 12.4. The first-order valence-electron chi connectivity index (χ1n) is 8.95. The zero-order chi connectivity index (χ0) is 18.6. The van der Waals surface area contributed by atoms with Crippen LogP contribution in [-0.2, 0) is 9.59 Å². The van der Waals surface area contributed by atoms with E-state index in [1.165, 1.54) is 5.56 Å². The summed E-state index contributed by atoms with van der Waals surface area (Å²) in [6.07, 6.45) is 0.803. The molecule has 0 saturated carbocycles. The highest BCUT2D eigenvalue weighted by Gasteiger charge is 2.29. The van der Waals surface area contributed by atoms with Crippen LogP contribution in [0.4, 0.5) is 0 Å². The van der Waals surface area contributed by atoms with E-state index in [1.54, 1.807) is 4.90 Å². The van der Waals surface area contributed by atoms with Gasteiger partial charge in [0.15, 0.2) is 6.61 Å². The molecular weight excluding hydrogens is 316 g/mol. The third-order valence-corrected chi connectivity index (χ3v) is 4.46. The molecule has 25 heavy (non-hydrogen) atoms. The molecule has 1 aliphatic rings. The number of nitrogens with zero attached hydrogens (tertiary/aromatic N) is 2. The Balaban J connectivity index is 1.89. The van der Waals surface area contributed by atoms with E-state index < -0.39 is 0 Å². The molecule has 5 heteroatoms. The van der Waals surface area contributed by atoms with Crippen molar-refractivity contribution in [3.05, 3.63) is 29.3 Å². The van der Waals surface area contributed by atoms with Crippen LogP contribution in [-0.4, -0.2) is 54.4 Å². The second-order valence-corrected chi connectivity index (χ2v) is 7.83. The van der Waals surface area contributed by atoms with E-state index in [0.717, 1.165) is 17.7 Å². The number of carbonyl (C=O) groups is 2. The third kappa shape index (κ3) is 5.21. The van der Waals surface area contributed by atoms with Gasteiger partial charge in [-0.1, -0.05) is 38.5 Å². The summed E-state index contributed by atoms with van der Waals surface area (Å²) >= 11 is 0. The van der Waals surface area contributed by atoms with Gasteiger partial charge in [0.1, 0.15) is 5.75 Å². The molecule has 0 N–H and O–H groups in total. The first kappa shape index (κ1) is 19.3. The Morgan fingerprint density at radius 3 is 2.32 bits per heavy atom. The van der Waals surface area contributed by atoms with Crippen molar-refractivity contribution in [2.75, 3.05) is 32.8 Å². The van der Waals surface area contributed by atoms with Crippen molar-refractivity contribution in [2.45, 2.75) is 41.0 Å². The number of aryl methyl sites for hydroxylation is 2. The van der Waals surface area contributed by atoms with Gasteiger partial charge in [0.2, 0.25) is 5.91 Å². The number of rotatable bonds is 3. The van der Waals surface area contributed by atoms with Crippen LogP contribution < -0.4 is 4.74 Å². The van der Waals surface area contributed by atoms with E-state index in [9.17, 15) is 9.59 Å². The first-order valence-corrected chi connectivity index (χ1v) is 8.95. The fourth-order valence-electron chi connectivity index (χ4n) is 3.04. The van der Waals surface area contributed by atoms with E-state index in [-0.39, 0.29) is 23.8 Å². The number of ether oxygens (including phenoxy) is 1. The standard InChI is InChI=1S/C20H30N2O3/c1-15-7-8-17(16(2)13-15)25-14-18(23)21-9-6-10-22(12-11-21)19(24)20(3,4)5/h7-8,13H,6,9-12,14H2,1-5H3. The lowest BCUT2D eigenvalue weighted by Crippen LogP contribution is -2.42. The zero-order valence-corrected chi connectivity index (χ0v) is 16.1. The Labute approximate surface area is 150 Å². The van der Waals surface area contributed by atoms with Crippen molar-refractivity contribution in [1.29, 1.82) is 0 Å². The van der Waals surface area contributed by atoms with E-state index in [2.05, 4.69) is 0 Å². The highest BCUT2D eigenvalue weighted by molar-refractivity contribution is 5.82. The zero-order valence-electron chi connectivity index (χ0n) is 16.1. The second-order valence-electron chi connectivity index (χ2n) is 7.83. The molecule has 1 aromatic rings. The molecule has 0 aromatic heterocycles. The molecule has 0 atom stereocenters. The van der Waals surface area contributed by atoms with Crippen LogP contribution >= 0.6 is 0 Å². The molecule has 2 amide bonds. The molecule has 1 heterocycles. The smallest absolute Gasteiger partial charge is 0.260 e. The van der Waals surface area contributed by atoms with Crippen LogP contribution in [0.2, 0.25) is 0 Å². The predicted molar refractivity (Wildman–Crippen MR) is 98.6 cm³/mol. The maximum absolute atomic E-state index is 12.5. The Bertz CT molecular complexity index is 634. The van der Waals surface area contributed by atoms with Crippen molar-refractivity contribution < 1.29 is 14.3 Å². The van der Waals surface area contributed by atoms with Gasteiger partial charge in [-0.25, -0.2) is 0 Å². The average Bonchev–Trinajstić information content (AvgIpc) is 2.78. The molecule has 0 aliphatic carbocycles. The molecule has 1 fully saturated rings. The van der Waals surface area contributed by atoms with Crippen LogP contribution in [0.5, 0.6) is 5.75 Å². The average molecular weight is 346 g/mol. The minimum Gasteiger partial charge on any atom is -0.484 e. The second kappa shape index (κ2) is 7.89. The fourth-order valence-corrected chi connectivity index (χ4v) is 3.04. The summed E-state index contributed by atoms with van der Waals surface area (Å²) in [5.74, 6) is 0.872. The summed E-state index contributed by atoms with van der Waals surface area (Å²) in [6, 6.07) is 5.93. The topological polar surface area (TPSA) is 49.9 Å². The maximum atomic E-state index is 12.5. The summed E-state index contributed by atoms with van der Waals surface area (Å²) in [7, 11) is 0. The molecule has 0 spiro atoms. The van der Waals surface area contributed by atoms with Gasteiger partial charge in [-0.05, 0) is 31.9 Å². The Kier molecular flexibility index (Phi) is 6.09. The third-order valence-electron chi connectivity index (χ3n) is 4.46. The Morgan fingerprint density at radius 2 is 1.68 bits per heavy atom. The molecule has 0 unspecified atom stereocenters. The Hall–Kier alpha value is -2.04. The summed E-state index contributed by atoms with van der Waals surface area (Å²) in [5.41, 5.74) is 1.82. The van der Waals surface area contributed by atoms with Crippen molar-refractivity contribution in [1.82, 2.24) is 9.80 Å². The molecule has 1 saturated heterocycles. The number of benzene rings is 1. The van der Waals surface area contributed by atoms with E-state index >= 15 is 0 Å². The van der Waals surface area contributed by atoms with Gasteiger partial charge < -0.3 is 14.5 Å². The molecule has 1 aromatic carbocycles. The van der Waals surface area contributed by atoms with Crippen LogP contribution in [0, 0.1) is 19.3 Å². The lowest BCUT2D eigenvalue weighted by atomic mass is 9.94. The predicted octanol–water partition coefficient (Wildman–Crippen LogP) is 2.79. The minimum absolute atomic E-state index is 0.0231. The molecule has 138 valence electrons. The number of amides is 2. The SMILES string of the molecule is Cc1ccc(OCC(=O)N2CCCN(C(=O)C(C)(C)C)CC2)c(C)c1. The highest BCUT2D eigenvalue weighted by atomic mass is 16.5. The van der Waals surface area contributed by atoms with Crippen molar-refractivity contribution in [2.24, 2.45) is 5.41 Å².